The van der Waals surface area contributed by atoms with Crippen LogP contribution in [0.15, 0.2) is 22.7 Å². The number of aromatic hydroxyl groups is 1. The van der Waals surface area contributed by atoms with Gasteiger partial charge >= 0.3 is 0 Å². The van der Waals surface area contributed by atoms with E-state index in [1.807, 2.05) is 6.92 Å². The van der Waals surface area contributed by atoms with Crippen molar-refractivity contribution in [2.75, 3.05) is 13.7 Å². The van der Waals surface area contributed by atoms with E-state index in [2.05, 4.69) is 10.1 Å². The monoisotopic (exact) mass is 264 g/mol. The molecule has 1 aromatic heterocycles. The van der Waals surface area contributed by atoms with Gasteiger partial charge < -0.3 is 19.1 Å². The second kappa shape index (κ2) is 6.19. The predicted octanol–water partition coefficient (Wildman–Crippen LogP) is 2.38. The van der Waals surface area contributed by atoms with E-state index >= 15 is 0 Å². The first-order chi connectivity index (χ1) is 9.26. The first-order valence-corrected chi connectivity index (χ1v) is 6.03. The number of ether oxygens (including phenoxy) is 2. The van der Waals surface area contributed by atoms with Crippen LogP contribution in [-0.4, -0.2) is 29.0 Å². The van der Waals surface area contributed by atoms with Gasteiger partial charge in [0.2, 0.25) is 0 Å². The Bertz CT molecular complexity index is 539. The average molecular weight is 264 g/mol. The fourth-order valence-electron chi connectivity index (χ4n) is 1.59. The highest BCUT2D eigenvalue weighted by molar-refractivity contribution is 5.66. The van der Waals surface area contributed by atoms with Gasteiger partial charge in [-0.2, -0.15) is 4.98 Å². The van der Waals surface area contributed by atoms with Crippen LogP contribution in [0.5, 0.6) is 11.5 Å². The minimum absolute atomic E-state index is 0.0188. The van der Waals surface area contributed by atoms with Gasteiger partial charge in [-0.3, -0.25) is 0 Å². The summed E-state index contributed by atoms with van der Waals surface area (Å²) in [5.41, 5.74) is 0.439. The zero-order chi connectivity index (χ0) is 13.7. The van der Waals surface area contributed by atoms with Crippen LogP contribution in [0.4, 0.5) is 0 Å². The van der Waals surface area contributed by atoms with E-state index in [9.17, 15) is 5.11 Å². The third-order valence-electron chi connectivity index (χ3n) is 2.50. The lowest BCUT2D eigenvalue weighted by Crippen LogP contribution is -1.95. The minimum atomic E-state index is -0.0188. The van der Waals surface area contributed by atoms with Crippen molar-refractivity contribution in [3.63, 3.8) is 0 Å². The minimum Gasteiger partial charge on any atom is -0.504 e. The molecule has 6 nitrogen and oxygen atoms in total. The van der Waals surface area contributed by atoms with Crippen LogP contribution in [0.2, 0.25) is 0 Å². The number of benzene rings is 1. The standard InChI is InChI=1S/C13H16N2O4/c1-3-7-18-8-11-14-13(19-15-11)9-5-4-6-10(17-2)12(9)16/h4-6,16H,3,7-8H2,1-2H3. The molecule has 0 bridgehead atoms. The highest BCUT2D eigenvalue weighted by atomic mass is 16.5. The molecular formula is C13H16N2O4. The lowest BCUT2D eigenvalue weighted by atomic mass is 10.2. The molecule has 0 saturated heterocycles. The average Bonchev–Trinajstić information content (AvgIpc) is 2.88. The van der Waals surface area contributed by atoms with Crippen molar-refractivity contribution >= 4 is 0 Å². The van der Waals surface area contributed by atoms with Gasteiger partial charge in [-0.1, -0.05) is 18.1 Å². The summed E-state index contributed by atoms with van der Waals surface area (Å²) in [6.07, 6.45) is 0.932. The summed E-state index contributed by atoms with van der Waals surface area (Å²) in [6.45, 7) is 2.96. The van der Waals surface area contributed by atoms with E-state index in [1.165, 1.54) is 7.11 Å². The molecule has 6 heteroatoms. The molecule has 0 fully saturated rings. The lowest BCUT2D eigenvalue weighted by Gasteiger charge is -2.04. The largest absolute Gasteiger partial charge is 0.504 e. The van der Waals surface area contributed by atoms with Crippen LogP contribution >= 0.6 is 0 Å². The topological polar surface area (TPSA) is 77.6 Å². The smallest absolute Gasteiger partial charge is 0.261 e. The van der Waals surface area contributed by atoms with Gasteiger partial charge in [0, 0.05) is 6.61 Å². The molecule has 0 aliphatic rings. The zero-order valence-corrected chi connectivity index (χ0v) is 10.9. The van der Waals surface area contributed by atoms with Crippen molar-refractivity contribution in [2.45, 2.75) is 20.0 Å². The Labute approximate surface area is 111 Å². The number of phenolic OH excluding ortho intramolecular Hbond substituents is 1. The molecule has 0 amide bonds. The molecule has 0 atom stereocenters. The molecule has 1 heterocycles. The number of para-hydroxylation sites is 1. The molecule has 2 rings (SSSR count). The van der Waals surface area contributed by atoms with Gasteiger partial charge in [0.1, 0.15) is 6.61 Å². The molecule has 0 aliphatic heterocycles. The number of nitrogens with zero attached hydrogens (tertiary/aromatic N) is 2. The first kappa shape index (κ1) is 13.4. The molecule has 19 heavy (non-hydrogen) atoms. The van der Waals surface area contributed by atoms with Gasteiger partial charge in [-0.25, -0.2) is 0 Å². The molecule has 0 saturated carbocycles. The lowest BCUT2D eigenvalue weighted by molar-refractivity contribution is 0.114. The SMILES string of the molecule is CCCOCc1noc(-c2cccc(OC)c2O)n1. The Balaban J connectivity index is 2.18. The van der Waals surface area contributed by atoms with E-state index in [4.69, 9.17) is 14.0 Å². The number of hydrogen-bond donors (Lipinski definition) is 1. The van der Waals surface area contributed by atoms with Crippen molar-refractivity contribution in [3.05, 3.63) is 24.0 Å². The van der Waals surface area contributed by atoms with E-state index < -0.39 is 0 Å². The number of aromatic nitrogens is 2. The van der Waals surface area contributed by atoms with E-state index in [-0.39, 0.29) is 11.6 Å². The molecule has 2 aromatic rings. The number of methoxy groups -OCH3 is 1. The van der Waals surface area contributed by atoms with Crippen LogP contribution in [0.1, 0.15) is 19.2 Å². The molecule has 0 aliphatic carbocycles. The van der Waals surface area contributed by atoms with Gasteiger partial charge in [0.15, 0.2) is 17.3 Å². The Hall–Kier alpha value is -2.08. The second-order valence-corrected chi connectivity index (χ2v) is 3.92. The Morgan fingerprint density at radius 3 is 2.95 bits per heavy atom. The summed E-state index contributed by atoms with van der Waals surface area (Å²) < 4.78 is 15.5. The summed E-state index contributed by atoms with van der Waals surface area (Å²) in [4.78, 5) is 4.17. The van der Waals surface area contributed by atoms with Crippen LogP contribution in [-0.2, 0) is 11.3 Å². The molecular weight excluding hydrogens is 248 g/mol. The van der Waals surface area contributed by atoms with Crippen molar-refractivity contribution in [2.24, 2.45) is 0 Å². The summed E-state index contributed by atoms with van der Waals surface area (Å²) in [7, 11) is 1.48. The highest BCUT2D eigenvalue weighted by Gasteiger charge is 2.15. The van der Waals surface area contributed by atoms with Gasteiger partial charge in [-0.15, -0.1) is 0 Å². The summed E-state index contributed by atoms with van der Waals surface area (Å²) in [6, 6.07) is 5.08. The maximum absolute atomic E-state index is 9.98. The molecule has 0 unspecified atom stereocenters. The van der Waals surface area contributed by atoms with Gasteiger partial charge in [0.05, 0.1) is 12.7 Å². The Morgan fingerprint density at radius 1 is 1.37 bits per heavy atom. The molecule has 1 aromatic carbocycles. The summed E-state index contributed by atoms with van der Waals surface area (Å²) in [5, 5.41) is 13.8. The van der Waals surface area contributed by atoms with Crippen LogP contribution in [0, 0.1) is 0 Å². The maximum atomic E-state index is 9.98. The summed E-state index contributed by atoms with van der Waals surface area (Å²) in [5.74, 6) is 1.03. The van der Waals surface area contributed by atoms with Crippen LogP contribution < -0.4 is 4.74 Å². The Morgan fingerprint density at radius 2 is 2.21 bits per heavy atom. The Kier molecular flexibility index (Phi) is 4.35. The van der Waals surface area contributed by atoms with Gasteiger partial charge in [-0.05, 0) is 18.6 Å². The van der Waals surface area contributed by atoms with Crippen molar-refractivity contribution in [1.82, 2.24) is 10.1 Å². The van der Waals surface area contributed by atoms with E-state index in [1.54, 1.807) is 18.2 Å². The predicted molar refractivity (Wildman–Crippen MR) is 67.9 cm³/mol. The second-order valence-electron chi connectivity index (χ2n) is 3.92. The molecule has 0 radical (unpaired) electrons. The quantitative estimate of drug-likeness (QED) is 0.807. The molecule has 1 N–H and O–H groups in total. The highest BCUT2D eigenvalue weighted by Crippen LogP contribution is 2.35. The third-order valence-corrected chi connectivity index (χ3v) is 2.50. The van der Waals surface area contributed by atoms with E-state index in [0.717, 1.165) is 6.42 Å². The summed E-state index contributed by atoms with van der Waals surface area (Å²) >= 11 is 0. The van der Waals surface area contributed by atoms with E-state index in [0.29, 0.717) is 30.4 Å². The molecule has 102 valence electrons. The zero-order valence-electron chi connectivity index (χ0n) is 10.9. The fourth-order valence-corrected chi connectivity index (χ4v) is 1.59. The van der Waals surface area contributed by atoms with Crippen LogP contribution in [0.25, 0.3) is 11.5 Å². The number of hydrogen-bond acceptors (Lipinski definition) is 6. The molecule has 0 spiro atoms. The third kappa shape index (κ3) is 3.03. The van der Waals surface area contributed by atoms with Crippen molar-refractivity contribution < 1.29 is 19.1 Å². The normalized spacial score (nSPS) is 10.6. The van der Waals surface area contributed by atoms with Crippen molar-refractivity contribution in [1.29, 1.82) is 0 Å². The van der Waals surface area contributed by atoms with Gasteiger partial charge in [0.25, 0.3) is 5.89 Å². The number of rotatable bonds is 6. The van der Waals surface area contributed by atoms with Crippen molar-refractivity contribution in [3.8, 4) is 23.0 Å². The first-order valence-electron chi connectivity index (χ1n) is 6.03. The number of phenols is 1. The van der Waals surface area contributed by atoms with Crippen LogP contribution in [0.3, 0.4) is 0 Å². The maximum Gasteiger partial charge on any atom is 0.261 e. The fraction of sp³-hybridized carbons (Fsp3) is 0.385.